The van der Waals surface area contributed by atoms with Crippen molar-refractivity contribution in [2.45, 2.75) is 5.92 Å². The molecule has 3 heterocycles. The van der Waals surface area contributed by atoms with E-state index in [-0.39, 0.29) is 11.6 Å². The minimum absolute atomic E-state index is 0.0543. The van der Waals surface area contributed by atoms with E-state index in [1.54, 1.807) is 12.1 Å². The highest BCUT2D eigenvalue weighted by Gasteiger charge is 2.35. The van der Waals surface area contributed by atoms with E-state index in [9.17, 15) is 10.1 Å². The number of ether oxygens (including phenoxy) is 1. The van der Waals surface area contributed by atoms with Gasteiger partial charge in [-0.05, 0) is 17.5 Å². The average molecular weight is 322 g/mol. The largest absolute Gasteiger partial charge is 0.432 e. The molecule has 5 nitrogen and oxygen atoms in total. The first-order valence-corrected chi connectivity index (χ1v) is 7.75. The van der Waals surface area contributed by atoms with Gasteiger partial charge in [-0.25, -0.2) is 4.79 Å². The summed E-state index contributed by atoms with van der Waals surface area (Å²) in [5, 5.41) is 12.2. The molecule has 0 saturated heterocycles. The Labute approximate surface area is 134 Å². The minimum atomic E-state index is -0.597. The van der Waals surface area contributed by atoms with Gasteiger partial charge < -0.3 is 14.9 Å². The summed E-state index contributed by atoms with van der Waals surface area (Å²) in [6, 6.07) is 13.1. The van der Waals surface area contributed by atoms with E-state index >= 15 is 0 Å². The Morgan fingerprint density at radius 3 is 2.78 bits per heavy atom. The topological polar surface area (TPSA) is 89.2 Å². The van der Waals surface area contributed by atoms with Gasteiger partial charge in [0.05, 0.1) is 5.92 Å². The monoisotopic (exact) mass is 322 g/mol. The van der Waals surface area contributed by atoms with Crippen LogP contribution in [0.15, 0.2) is 62.4 Å². The Balaban J connectivity index is 2.15. The number of rotatable bonds is 1. The Hall–Kier alpha value is -3.04. The molecule has 0 saturated carbocycles. The molecule has 3 aromatic rings. The fourth-order valence-electron chi connectivity index (χ4n) is 2.85. The first kappa shape index (κ1) is 13.6. The maximum absolute atomic E-state index is 12.3. The van der Waals surface area contributed by atoms with Crippen LogP contribution in [-0.4, -0.2) is 0 Å². The van der Waals surface area contributed by atoms with Gasteiger partial charge in [0.2, 0.25) is 11.6 Å². The average Bonchev–Trinajstić information content (AvgIpc) is 3.08. The van der Waals surface area contributed by atoms with Crippen molar-refractivity contribution >= 4 is 22.3 Å². The first-order chi connectivity index (χ1) is 11.2. The molecular weight excluding hydrogens is 312 g/mol. The van der Waals surface area contributed by atoms with Crippen LogP contribution in [0.3, 0.4) is 0 Å². The van der Waals surface area contributed by atoms with Crippen LogP contribution in [0.4, 0.5) is 0 Å². The maximum Gasteiger partial charge on any atom is 0.380 e. The highest BCUT2D eigenvalue weighted by Crippen LogP contribution is 2.45. The fourth-order valence-corrected chi connectivity index (χ4v) is 3.69. The van der Waals surface area contributed by atoms with Gasteiger partial charge in [0.25, 0.3) is 0 Å². The smallest absolute Gasteiger partial charge is 0.380 e. The summed E-state index contributed by atoms with van der Waals surface area (Å²) in [5.74, 6) is -0.433. The van der Waals surface area contributed by atoms with E-state index in [0.717, 1.165) is 10.3 Å². The van der Waals surface area contributed by atoms with Crippen molar-refractivity contribution in [1.82, 2.24) is 0 Å². The van der Waals surface area contributed by atoms with Gasteiger partial charge in [0, 0.05) is 15.8 Å². The molecule has 112 valence electrons. The van der Waals surface area contributed by atoms with Crippen LogP contribution >= 0.6 is 11.3 Å². The molecule has 0 bridgehead atoms. The molecule has 2 N–H and O–H groups in total. The van der Waals surface area contributed by atoms with Gasteiger partial charge in [-0.15, -0.1) is 11.3 Å². The second-order valence-electron chi connectivity index (χ2n) is 5.07. The normalized spacial score (nSPS) is 16.7. The molecule has 0 spiro atoms. The molecule has 0 aliphatic carbocycles. The molecule has 0 fully saturated rings. The Morgan fingerprint density at radius 2 is 2.04 bits per heavy atom. The fraction of sp³-hybridized carbons (Fsp3) is 0.0588. The van der Waals surface area contributed by atoms with Crippen molar-refractivity contribution in [3.8, 4) is 11.8 Å². The van der Waals surface area contributed by atoms with Crippen LogP contribution in [0.1, 0.15) is 16.4 Å². The van der Waals surface area contributed by atoms with Gasteiger partial charge in [0.1, 0.15) is 17.2 Å². The molecule has 23 heavy (non-hydrogen) atoms. The summed E-state index contributed by atoms with van der Waals surface area (Å²) in [6.07, 6.45) is 0. The van der Waals surface area contributed by atoms with E-state index < -0.39 is 11.5 Å². The molecule has 4 rings (SSSR count). The summed E-state index contributed by atoms with van der Waals surface area (Å²) >= 11 is 1.50. The van der Waals surface area contributed by atoms with Gasteiger partial charge in [0.15, 0.2) is 0 Å². The van der Waals surface area contributed by atoms with Crippen LogP contribution in [0, 0.1) is 11.3 Å². The molecule has 1 aliphatic rings. The molecule has 0 amide bonds. The van der Waals surface area contributed by atoms with Gasteiger partial charge >= 0.3 is 5.63 Å². The second-order valence-corrected chi connectivity index (χ2v) is 6.05. The number of nitriles is 1. The summed E-state index contributed by atoms with van der Waals surface area (Å²) in [5.41, 5.74) is 6.66. The highest BCUT2D eigenvalue weighted by atomic mass is 32.1. The third-order valence-corrected chi connectivity index (χ3v) is 4.75. The van der Waals surface area contributed by atoms with E-state index in [4.69, 9.17) is 14.9 Å². The van der Waals surface area contributed by atoms with Crippen LogP contribution in [-0.2, 0) is 0 Å². The number of nitrogens with zero attached hydrogens (tertiary/aromatic N) is 1. The lowest BCUT2D eigenvalue weighted by Crippen LogP contribution is -2.24. The molecule has 6 heteroatoms. The predicted octanol–water partition coefficient (Wildman–Crippen LogP) is 3.07. The quantitative estimate of drug-likeness (QED) is 0.695. The zero-order valence-electron chi connectivity index (χ0n) is 11.8. The number of benzene rings is 1. The summed E-state index contributed by atoms with van der Waals surface area (Å²) in [6.45, 7) is 0. The van der Waals surface area contributed by atoms with Gasteiger partial charge in [-0.2, -0.15) is 5.26 Å². The van der Waals surface area contributed by atoms with Gasteiger partial charge in [-0.3, -0.25) is 0 Å². The van der Waals surface area contributed by atoms with Crippen LogP contribution in [0.2, 0.25) is 0 Å². The SMILES string of the molecule is N#CC1=C(N)Oc2c(c3ccccc3oc2=O)C1c1cccs1. The molecule has 1 aliphatic heterocycles. The maximum atomic E-state index is 12.3. The summed E-state index contributed by atoms with van der Waals surface area (Å²) in [7, 11) is 0. The lowest BCUT2D eigenvalue weighted by atomic mass is 9.86. The second kappa shape index (κ2) is 5.00. The molecule has 1 aromatic carbocycles. The standard InChI is InChI=1S/C17H10N2O3S/c18-8-10-13(12-6-3-7-23-12)14-9-4-1-2-5-11(9)21-17(20)15(14)22-16(10)19/h1-7,13H,19H2. The summed E-state index contributed by atoms with van der Waals surface area (Å²) in [4.78, 5) is 13.2. The third-order valence-electron chi connectivity index (χ3n) is 3.81. The molecule has 1 unspecified atom stereocenters. The molecule has 2 aromatic heterocycles. The van der Waals surface area contributed by atoms with Crippen LogP contribution in [0.25, 0.3) is 11.0 Å². The van der Waals surface area contributed by atoms with Crippen molar-refractivity contribution in [2.75, 3.05) is 0 Å². The van der Waals surface area contributed by atoms with Crippen molar-refractivity contribution in [3.63, 3.8) is 0 Å². The number of allylic oxidation sites excluding steroid dienone is 1. The predicted molar refractivity (Wildman–Crippen MR) is 86.1 cm³/mol. The number of hydrogen-bond donors (Lipinski definition) is 1. The highest BCUT2D eigenvalue weighted by molar-refractivity contribution is 7.10. The number of hydrogen-bond acceptors (Lipinski definition) is 6. The molecule has 1 atom stereocenters. The first-order valence-electron chi connectivity index (χ1n) is 6.87. The van der Waals surface area contributed by atoms with E-state index in [1.165, 1.54) is 11.3 Å². The molecular formula is C17H10N2O3S. The van der Waals surface area contributed by atoms with Crippen molar-refractivity contribution in [2.24, 2.45) is 5.73 Å². The van der Waals surface area contributed by atoms with E-state index in [2.05, 4.69) is 6.07 Å². The number of thiophene rings is 1. The van der Waals surface area contributed by atoms with Gasteiger partial charge in [-0.1, -0.05) is 24.3 Å². The summed E-state index contributed by atoms with van der Waals surface area (Å²) < 4.78 is 10.7. The number of nitrogens with two attached hydrogens (primary N) is 1. The van der Waals surface area contributed by atoms with Crippen molar-refractivity contribution < 1.29 is 9.15 Å². The Bertz CT molecular complexity index is 1040. The lowest BCUT2D eigenvalue weighted by molar-refractivity contribution is 0.368. The zero-order chi connectivity index (χ0) is 16.0. The molecule has 0 radical (unpaired) electrons. The lowest BCUT2D eigenvalue weighted by Gasteiger charge is -2.25. The zero-order valence-corrected chi connectivity index (χ0v) is 12.6. The van der Waals surface area contributed by atoms with Crippen molar-refractivity contribution in [3.05, 3.63) is 74.1 Å². The van der Waals surface area contributed by atoms with Crippen molar-refractivity contribution in [1.29, 1.82) is 5.26 Å². The number of para-hydroxylation sites is 1. The Morgan fingerprint density at radius 1 is 1.22 bits per heavy atom. The van der Waals surface area contributed by atoms with Crippen LogP contribution < -0.4 is 16.1 Å². The number of fused-ring (bicyclic) bond motifs is 3. The van der Waals surface area contributed by atoms with E-state index in [0.29, 0.717) is 16.7 Å². The van der Waals surface area contributed by atoms with E-state index in [1.807, 2.05) is 29.6 Å². The third kappa shape index (κ3) is 1.94. The Kier molecular flexibility index (Phi) is 2.96. The minimum Gasteiger partial charge on any atom is -0.432 e. The van der Waals surface area contributed by atoms with Crippen LogP contribution in [0.5, 0.6) is 5.75 Å².